The summed E-state index contributed by atoms with van der Waals surface area (Å²) in [7, 11) is 1.78. The number of pyridine rings is 1. The summed E-state index contributed by atoms with van der Waals surface area (Å²) in [5.41, 5.74) is 2.39. The Balaban J connectivity index is 1.65. The van der Waals surface area contributed by atoms with Gasteiger partial charge >= 0.3 is 0 Å². The Labute approximate surface area is 149 Å². The van der Waals surface area contributed by atoms with Crippen LogP contribution < -0.4 is 0 Å². The van der Waals surface area contributed by atoms with Gasteiger partial charge < -0.3 is 4.90 Å². The monoisotopic (exact) mass is 357 g/mol. The van der Waals surface area contributed by atoms with Gasteiger partial charge in [-0.2, -0.15) is 0 Å². The van der Waals surface area contributed by atoms with Crippen LogP contribution in [0.4, 0.5) is 0 Å². The fourth-order valence-corrected chi connectivity index (χ4v) is 3.15. The predicted molar refractivity (Wildman–Crippen MR) is 97.5 cm³/mol. The molecule has 1 amide bonds. The Kier molecular flexibility index (Phi) is 5.23. The van der Waals surface area contributed by atoms with Crippen molar-refractivity contribution in [3.8, 4) is 10.6 Å². The number of aromatic nitrogens is 2. The number of rotatable bonds is 5. The third-order valence-corrected chi connectivity index (χ3v) is 4.73. The number of carbonyl (C=O) groups is 1. The van der Waals surface area contributed by atoms with Crippen LogP contribution in [-0.2, 0) is 6.42 Å². The largest absolute Gasteiger partial charge is 0.340 e. The first kappa shape index (κ1) is 16.6. The van der Waals surface area contributed by atoms with Gasteiger partial charge in [-0.3, -0.25) is 9.78 Å². The molecule has 0 aliphatic carbocycles. The second-order valence-electron chi connectivity index (χ2n) is 5.34. The van der Waals surface area contributed by atoms with E-state index in [4.69, 9.17) is 11.6 Å². The van der Waals surface area contributed by atoms with Gasteiger partial charge in [-0.1, -0.05) is 29.8 Å². The third kappa shape index (κ3) is 3.99. The van der Waals surface area contributed by atoms with Gasteiger partial charge in [0.05, 0.1) is 0 Å². The number of amides is 1. The first-order valence-corrected chi connectivity index (χ1v) is 8.76. The van der Waals surface area contributed by atoms with Gasteiger partial charge in [-0.05, 0) is 24.3 Å². The number of likely N-dealkylation sites (N-methyl/N-ethyl adjacent to an activating group) is 1. The molecule has 0 N–H and O–H groups in total. The molecule has 2 heterocycles. The lowest BCUT2D eigenvalue weighted by atomic mass is 10.2. The molecule has 24 heavy (non-hydrogen) atoms. The van der Waals surface area contributed by atoms with E-state index in [9.17, 15) is 4.79 Å². The molecule has 0 aliphatic heterocycles. The van der Waals surface area contributed by atoms with E-state index in [1.54, 1.807) is 23.5 Å². The molecule has 0 radical (unpaired) electrons. The topological polar surface area (TPSA) is 46.1 Å². The number of thiazole rings is 1. The SMILES string of the molecule is CN(CCc1ccccn1)C(=O)c1csc(-c2ccc(Cl)cc2)n1. The van der Waals surface area contributed by atoms with Gasteiger partial charge in [-0.25, -0.2) is 4.98 Å². The van der Waals surface area contributed by atoms with Crippen LogP contribution in [0, 0.1) is 0 Å². The maximum atomic E-state index is 12.5. The number of hydrogen-bond acceptors (Lipinski definition) is 4. The van der Waals surface area contributed by atoms with Gasteiger partial charge in [0.25, 0.3) is 5.91 Å². The zero-order chi connectivity index (χ0) is 16.9. The van der Waals surface area contributed by atoms with Crippen LogP contribution in [0.5, 0.6) is 0 Å². The molecule has 0 aliphatic rings. The van der Waals surface area contributed by atoms with E-state index in [2.05, 4.69) is 9.97 Å². The van der Waals surface area contributed by atoms with Crippen LogP contribution in [0.1, 0.15) is 16.2 Å². The maximum Gasteiger partial charge on any atom is 0.273 e. The minimum Gasteiger partial charge on any atom is -0.340 e. The molecule has 0 bridgehead atoms. The van der Waals surface area contributed by atoms with Crippen molar-refractivity contribution in [2.24, 2.45) is 0 Å². The molecule has 3 rings (SSSR count). The summed E-state index contributed by atoms with van der Waals surface area (Å²) in [6.07, 6.45) is 2.48. The van der Waals surface area contributed by atoms with Crippen molar-refractivity contribution in [1.82, 2.24) is 14.9 Å². The molecule has 0 saturated carbocycles. The standard InChI is InChI=1S/C18H16ClN3OS/c1-22(11-9-15-4-2-3-10-20-15)18(23)16-12-24-17(21-16)13-5-7-14(19)8-6-13/h2-8,10,12H,9,11H2,1H3. The average molecular weight is 358 g/mol. The van der Waals surface area contributed by atoms with E-state index in [1.165, 1.54) is 11.3 Å². The Morgan fingerprint density at radius 2 is 2.00 bits per heavy atom. The second-order valence-corrected chi connectivity index (χ2v) is 6.64. The molecule has 1 aromatic carbocycles. The molecule has 3 aromatic rings. The summed E-state index contributed by atoms with van der Waals surface area (Å²) in [4.78, 5) is 22.9. The highest BCUT2D eigenvalue weighted by Crippen LogP contribution is 2.25. The average Bonchev–Trinajstić information content (AvgIpc) is 3.10. The zero-order valence-electron chi connectivity index (χ0n) is 13.1. The van der Waals surface area contributed by atoms with Crippen LogP contribution in [0.15, 0.2) is 54.0 Å². The van der Waals surface area contributed by atoms with Crippen LogP contribution in [0.25, 0.3) is 10.6 Å². The molecule has 122 valence electrons. The molecule has 0 saturated heterocycles. The number of carbonyl (C=O) groups excluding carboxylic acids is 1. The minimum absolute atomic E-state index is 0.0811. The molecule has 6 heteroatoms. The molecule has 0 atom stereocenters. The lowest BCUT2D eigenvalue weighted by molar-refractivity contribution is 0.0791. The van der Waals surface area contributed by atoms with Crippen molar-refractivity contribution >= 4 is 28.8 Å². The summed E-state index contributed by atoms with van der Waals surface area (Å²) >= 11 is 7.35. The molecule has 4 nitrogen and oxygen atoms in total. The number of halogens is 1. The summed E-state index contributed by atoms with van der Waals surface area (Å²) in [6, 6.07) is 13.2. The zero-order valence-corrected chi connectivity index (χ0v) is 14.7. The van der Waals surface area contributed by atoms with Crippen LogP contribution >= 0.6 is 22.9 Å². The Morgan fingerprint density at radius 3 is 2.71 bits per heavy atom. The Bertz CT molecular complexity index is 818. The molecule has 0 spiro atoms. The van der Waals surface area contributed by atoms with Gasteiger partial charge in [0.1, 0.15) is 10.7 Å². The number of benzene rings is 1. The van der Waals surface area contributed by atoms with E-state index < -0.39 is 0 Å². The van der Waals surface area contributed by atoms with E-state index in [1.807, 2.05) is 42.5 Å². The quantitative estimate of drug-likeness (QED) is 0.688. The van der Waals surface area contributed by atoms with Crippen LogP contribution in [0.3, 0.4) is 0 Å². The summed E-state index contributed by atoms with van der Waals surface area (Å²) < 4.78 is 0. The molecular weight excluding hydrogens is 342 g/mol. The molecular formula is C18H16ClN3OS. The first-order valence-electron chi connectivity index (χ1n) is 7.50. The smallest absolute Gasteiger partial charge is 0.273 e. The second kappa shape index (κ2) is 7.55. The molecule has 0 unspecified atom stereocenters. The lowest BCUT2D eigenvalue weighted by Gasteiger charge is -2.15. The lowest BCUT2D eigenvalue weighted by Crippen LogP contribution is -2.29. The normalized spacial score (nSPS) is 10.6. The van der Waals surface area contributed by atoms with Crippen molar-refractivity contribution in [1.29, 1.82) is 0 Å². The summed E-state index contributed by atoms with van der Waals surface area (Å²) in [5.74, 6) is -0.0811. The van der Waals surface area contributed by atoms with Crippen molar-refractivity contribution in [3.63, 3.8) is 0 Å². The molecule has 0 fully saturated rings. The van der Waals surface area contributed by atoms with Crippen molar-refractivity contribution in [2.75, 3.05) is 13.6 Å². The molecule has 2 aromatic heterocycles. The van der Waals surface area contributed by atoms with Gasteiger partial charge in [0, 0.05) is 47.9 Å². The van der Waals surface area contributed by atoms with E-state index >= 15 is 0 Å². The number of nitrogens with zero attached hydrogens (tertiary/aromatic N) is 3. The van der Waals surface area contributed by atoms with Crippen LogP contribution in [0.2, 0.25) is 5.02 Å². The van der Waals surface area contributed by atoms with Gasteiger partial charge in [-0.15, -0.1) is 11.3 Å². The van der Waals surface area contributed by atoms with Crippen molar-refractivity contribution < 1.29 is 4.79 Å². The first-order chi connectivity index (χ1) is 11.6. The van der Waals surface area contributed by atoms with E-state index in [0.29, 0.717) is 17.3 Å². The maximum absolute atomic E-state index is 12.5. The predicted octanol–water partition coefficient (Wildman–Crippen LogP) is 4.17. The van der Waals surface area contributed by atoms with E-state index in [0.717, 1.165) is 22.7 Å². The fourth-order valence-electron chi connectivity index (χ4n) is 2.22. The van der Waals surface area contributed by atoms with E-state index in [-0.39, 0.29) is 5.91 Å². The summed E-state index contributed by atoms with van der Waals surface area (Å²) in [6.45, 7) is 0.601. The van der Waals surface area contributed by atoms with Crippen LogP contribution in [-0.4, -0.2) is 34.4 Å². The third-order valence-electron chi connectivity index (χ3n) is 3.59. The fraction of sp³-hybridized carbons (Fsp3) is 0.167. The van der Waals surface area contributed by atoms with Crippen molar-refractivity contribution in [2.45, 2.75) is 6.42 Å². The van der Waals surface area contributed by atoms with Gasteiger partial charge in [0.2, 0.25) is 0 Å². The van der Waals surface area contributed by atoms with Crippen molar-refractivity contribution in [3.05, 3.63) is 70.5 Å². The highest BCUT2D eigenvalue weighted by atomic mass is 35.5. The van der Waals surface area contributed by atoms with Gasteiger partial charge in [0.15, 0.2) is 0 Å². The minimum atomic E-state index is -0.0811. The Hall–Kier alpha value is -2.24. The number of hydrogen-bond donors (Lipinski definition) is 0. The summed E-state index contributed by atoms with van der Waals surface area (Å²) in [5, 5.41) is 3.29. The Morgan fingerprint density at radius 1 is 1.21 bits per heavy atom. The highest BCUT2D eigenvalue weighted by Gasteiger charge is 2.16. The highest BCUT2D eigenvalue weighted by molar-refractivity contribution is 7.13.